The van der Waals surface area contributed by atoms with Crippen molar-refractivity contribution >= 4 is 11.8 Å². The average molecular weight is 373 g/mol. The lowest BCUT2D eigenvalue weighted by molar-refractivity contribution is 0.731. The Hall–Kier alpha value is -3.12. The lowest BCUT2D eigenvalue weighted by Gasteiger charge is -2.08. The Kier molecular flexibility index (Phi) is 5.16. The van der Waals surface area contributed by atoms with Crippen molar-refractivity contribution in [3.8, 4) is 17.1 Å². The fourth-order valence-corrected chi connectivity index (χ4v) is 3.71. The molecule has 2 heterocycles. The molecule has 6 heteroatoms. The summed E-state index contributed by atoms with van der Waals surface area (Å²) >= 11 is 1.68. The molecule has 0 unspecified atom stereocenters. The summed E-state index contributed by atoms with van der Waals surface area (Å²) in [7, 11) is 0. The number of benzene rings is 2. The zero-order valence-corrected chi connectivity index (χ0v) is 15.6. The molecule has 0 aliphatic rings. The van der Waals surface area contributed by atoms with E-state index in [0.717, 1.165) is 28.0 Å². The molecule has 0 amide bonds. The highest BCUT2D eigenvalue weighted by molar-refractivity contribution is 7.98. The van der Waals surface area contributed by atoms with Gasteiger partial charge in [0, 0.05) is 30.3 Å². The molecule has 27 heavy (non-hydrogen) atoms. The molecule has 0 bridgehead atoms. The minimum atomic E-state index is 0.678. The largest absolute Gasteiger partial charge is 0.298 e. The average Bonchev–Trinajstić information content (AvgIpc) is 3.38. The van der Waals surface area contributed by atoms with Gasteiger partial charge in [-0.2, -0.15) is 5.10 Å². The van der Waals surface area contributed by atoms with Crippen molar-refractivity contribution in [2.45, 2.75) is 17.5 Å². The van der Waals surface area contributed by atoms with E-state index in [1.165, 1.54) is 5.56 Å². The SMILES string of the molecule is C=CCn1c(SCc2ccc(-n3cccn3)cc2)nnc1-c1ccccc1. The van der Waals surface area contributed by atoms with Crippen LogP contribution in [0.2, 0.25) is 0 Å². The minimum absolute atomic E-state index is 0.678. The fraction of sp³-hybridized carbons (Fsp3) is 0.0952. The fourth-order valence-electron chi connectivity index (χ4n) is 2.80. The summed E-state index contributed by atoms with van der Waals surface area (Å²) < 4.78 is 3.95. The molecule has 0 saturated heterocycles. The van der Waals surface area contributed by atoms with Crippen molar-refractivity contribution in [3.05, 3.63) is 91.3 Å². The normalized spacial score (nSPS) is 10.8. The first-order valence-corrected chi connectivity index (χ1v) is 9.65. The second-order valence-electron chi connectivity index (χ2n) is 5.98. The summed E-state index contributed by atoms with van der Waals surface area (Å²) in [6.07, 6.45) is 5.59. The van der Waals surface area contributed by atoms with Gasteiger partial charge in [0.1, 0.15) is 0 Å². The lowest BCUT2D eigenvalue weighted by Crippen LogP contribution is -2.00. The lowest BCUT2D eigenvalue weighted by atomic mass is 10.2. The molecule has 2 aromatic heterocycles. The second-order valence-corrected chi connectivity index (χ2v) is 6.92. The highest BCUT2D eigenvalue weighted by atomic mass is 32.2. The Bertz CT molecular complexity index is 1000. The number of thioether (sulfide) groups is 1. The quantitative estimate of drug-likeness (QED) is 0.351. The van der Waals surface area contributed by atoms with E-state index in [1.54, 1.807) is 18.0 Å². The maximum absolute atomic E-state index is 4.40. The van der Waals surface area contributed by atoms with Crippen LogP contribution in [0.3, 0.4) is 0 Å². The summed E-state index contributed by atoms with van der Waals surface area (Å²) in [4.78, 5) is 0. The number of allylic oxidation sites excluding steroid dienone is 1. The maximum Gasteiger partial charge on any atom is 0.192 e. The van der Waals surface area contributed by atoms with Crippen LogP contribution >= 0.6 is 11.8 Å². The molecule has 2 aromatic carbocycles. The molecule has 5 nitrogen and oxygen atoms in total. The topological polar surface area (TPSA) is 48.5 Å². The van der Waals surface area contributed by atoms with E-state index >= 15 is 0 Å². The summed E-state index contributed by atoms with van der Waals surface area (Å²) in [5, 5.41) is 13.9. The molecule has 0 atom stereocenters. The van der Waals surface area contributed by atoms with Crippen LogP contribution in [0.1, 0.15) is 5.56 Å². The molecule has 0 aliphatic carbocycles. The standard InChI is InChI=1S/C21H19N5S/c1-2-14-25-20(18-7-4-3-5-8-18)23-24-21(25)27-16-17-9-11-19(12-10-17)26-15-6-13-22-26/h2-13,15H,1,14,16H2. The zero-order chi connectivity index (χ0) is 18.5. The van der Waals surface area contributed by atoms with Crippen molar-refractivity contribution in [1.29, 1.82) is 0 Å². The molecule has 0 N–H and O–H groups in total. The van der Waals surface area contributed by atoms with E-state index in [1.807, 2.05) is 53.4 Å². The van der Waals surface area contributed by atoms with E-state index in [9.17, 15) is 0 Å². The summed E-state index contributed by atoms with van der Waals surface area (Å²) in [5.74, 6) is 1.69. The van der Waals surface area contributed by atoms with Crippen molar-refractivity contribution in [2.24, 2.45) is 0 Å². The molecule has 0 spiro atoms. The molecule has 4 aromatic rings. The van der Waals surface area contributed by atoms with Gasteiger partial charge in [-0.05, 0) is 23.8 Å². The van der Waals surface area contributed by atoms with Crippen LogP contribution in [0, 0.1) is 0 Å². The Labute approximate surface area is 162 Å². The Morgan fingerprint density at radius 1 is 0.963 bits per heavy atom. The summed E-state index contributed by atoms with van der Waals surface area (Å²) in [6.45, 7) is 4.55. The summed E-state index contributed by atoms with van der Waals surface area (Å²) in [6, 6.07) is 20.4. The molecule has 134 valence electrons. The third kappa shape index (κ3) is 3.85. The molecule has 4 rings (SSSR count). The monoisotopic (exact) mass is 373 g/mol. The zero-order valence-electron chi connectivity index (χ0n) is 14.8. The van der Waals surface area contributed by atoms with E-state index in [0.29, 0.717) is 6.54 Å². The number of rotatable bonds is 7. The number of nitrogens with zero attached hydrogens (tertiary/aromatic N) is 5. The van der Waals surface area contributed by atoms with E-state index in [4.69, 9.17) is 0 Å². The van der Waals surface area contributed by atoms with Crippen LogP contribution in [0.5, 0.6) is 0 Å². The molecular formula is C21H19N5S. The van der Waals surface area contributed by atoms with Gasteiger partial charge in [-0.15, -0.1) is 16.8 Å². The minimum Gasteiger partial charge on any atom is -0.298 e. The molecular weight excluding hydrogens is 354 g/mol. The van der Waals surface area contributed by atoms with Crippen LogP contribution in [0.4, 0.5) is 0 Å². The second kappa shape index (κ2) is 8.05. The van der Waals surface area contributed by atoms with Crippen LogP contribution in [-0.4, -0.2) is 24.5 Å². The first-order chi connectivity index (χ1) is 13.3. The number of aromatic nitrogens is 5. The predicted molar refractivity (Wildman–Crippen MR) is 109 cm³/mol. The van der Waals surface area contributed by atoms with Gasteiger partial charge in [0.2, 0.25) is 0 Å². The van der Waals surface area contributed by atoms with Crippen LogP contribution < -0.4 is 0 Å². The van der Waals surface area contributed by atoms with Crippen molar-refractivity contribution in [2.75, 3.05) is 0 Å². The van der Waals surface area contributed by atoms with Gasteiger partial charge in [0.25, 0.3) is 0 Å². The van der Waals surface area contributed by atoms with Crippen molar-refractivity contribution in [1.82, 2.24) is 24.5 Å². The van der Waals surface area contributed by atoms with Gasteiger partial charge in [-0.1, -0.05) is 60.3 Å². The van der Waals surface area contributed by atoms with Crippen molar-refractivity contribution < 1.29 is 0 Å². The highest BCUT2D eigenvalue weighted by Crippen LogP contribution is 2.26. The molecule has 0 fully saturated rings. The Balaban J connectivity index is 1.51. The van der Waals surface area contributed by atoms with Crippen LogP contribution in [-0.2, 0) is 12.3 Å². The van der Waals surface area contributed by atoms with Gasteiger partial charge >= 0.3 is 0 Å². The van der Waals surface area contributed by atoms with Crippen LogP contribution in [0.25, 0.3) is 17.1 Å². The maximum atomic E-state index is 4.40. The Morgan fingerprint density at radius 2 is 1.78 bits per heavy atom. The smallest absolute Gasteiger partial charge is 0.192 e. The van der Waals surface area contributed by atoms with E-state index in [2.05, 4.69) is 50.7 Å². The third-order valence-corrected chi connectivity index (χ3v) is 5.17. The van der Waals surface area contributed by atoms with Crippen molar-refractivity contribution in [3.63, 3.8) is 0 Å². The van der Waals surface area contributed by atoms with Crippen LogP contribution in [0.15, 0.2) is 90.9 Å². The number of hydrogen-bond acceptors (Lipinski definition) is 4. The first kappa shape index (κ1) is 17.3. The van der Waals surface area contributed by atoms with Gasteiger partial charge in [-0.25, -0.2) is 4.68 Å². The number of hydrogen-bond donors (Lipinski definition) is 0. The van der Waals surface area contributed by atoms with Gasteiger partial charge in [0.15, 0.2) is 11.0 Å². The summed E-state index contributed by atoms with van der Waals surface area (Å²) in [5.41, 5.74) is 3.34. The first-order valence-electron chi connectivity index (χ1n) is 8.66. The third-order valence-electron chi connectivity index (χ3n) is 4.13. The molecule has 0 radical (unpaired) electrons. The molecule has 0 aliphatic heterocycles. The highest BCUT2D eigenvalue weighted by Gasteiger charge is 2.13. The molecule has 0 saturated carbocycles. The van der Waals surface area contributed by atoms with Gasteiger partial charge in [0.05, 0.1) is 5.69 Å². The predicted octanol–water partition coefficient (Wildman–Crippen LogP) is 4.61. The van der Waals surface area contributed by atoms with Gasteiger partial charge < -0.3 is 0 Å². The van der Waals surface area contributed by atoms with Gasteiger partial charge in [-0.3, -0.25) is 4.57 Å². The van der Waals surface area contributed by atoms with E-state index < -0.39 is 0 Å². The van der Waals surface area contributed by atoms with E-state index in [-0.39, 0.29) is 0 Å². The Morgan fingerprint density at radius 3 is 2.48 bits per heavy atom.